The van der Waals surface area contributed by atoms with Crippen molar-refractivity contribution in [2.24, 2.45) is 16.7 Å². The van der Waals surface area contributed by atoms with Crippen molar-refractivity contribution in [1.82, 2.24) is 0 Å². The third-order valence-corrected chi connectivity index (χ3v) is 6.24. The number of aryl methyl sites for hydroxylation is 1. The molecule has 2 aliphatic rings. The summed E-state index contributed by atoms with van der Waals surface area (Å²) >= 11 is 0. The fraction of sp³-hybridized carbons (Fsp3) is 0.611. The Balaban J connectivity index is 1.80. The molecule has 3 atom stereocenters. The lowest BCUT2D eigenvalue weighted by Gasteiger charge is -2.38. The van der Waals surface area contributed by atoms with E-state index in [2.05, 4.69) is 20.8 Å². The van der Waals surface area contributed by atoms with Gasteiger partial charge in [-0.3, -0.25) is 0 Å². The lowest BCUT2D eigenvalue weighted by molar-refractivity contribution is -0.0242. The summed E-state index contributed by atoms with van der Waals surface area (Å²) in [6.45, 7) is 8.58. The second-order valence-electron chi connectivity index (χ2n) is 7.52. The van der Waals surface area contributed by atoms with E-state index in [1.807, 2.05) is 0 Å². The first-order valence-corrected chi connectivity index (χ1v) is 7.72. The zero-order chi connectivity index (χ0) is 15.4. The summed E-state index contributed by atoms with van der Waals surface area (Å²) in [6, 6.07) is 4.36. The van der Waals surface area contributed by atoms with Crippen LogP contribution in [0.1, 0.15) is 56.0 Å². The number of fused-ring (bicyclic) bond motifs is 2. The van der Waals surface area contributed by atoms with Gasteiger partial charge in [-0.1, -0.05) is 20.8 Å². The first kappa shape index (κ1) is 14.6. The van der Waals surface area contributed by atoms with Crippen molar-refractivity contribution in [3.8, 4) is 0 Å². The maximum Gasteiger partial charge on any atom is 0.338 e. The van der Waals surface area contributed by atoms with Gasteiger partial charge in [0.25, 0.3) is 0 Å². The average molecular weight is 290 g/mol. The molecule has 0 aliphatic heterocycles. The summed E-state index contributed by atoms with van der Waals surface area (Å²) in [5, 5.41) is 0. The molecule has 2 saturated carbocycles. The van der Waals surface area contributed by atoms with Crippen molar-refractivity contribution in [3.63, 3.8) is 0 Å². The predicted molar refractivity (Wildman–Crippen MR) is 79.6 cm³/mol. The van der Waals surface area contributed by atoms with Crippen LogP contribution >= 0.6 is 0 Å². The largest absolute Gasteiger partial charge is 0.458 e. The molecule has 21 heavy (non-hydrogen) atoms. The normalized spacial score (nSPS) is 33.2. The number of hydrogen-bond acceptors (Lipinski definition) is 2. The van der Waals surface area contributed by atoms with Crippen LogP contribution in [0.4, 0.5) is 4.39 Å². The second kappa shape index (κ2) is 4.56. The minimum atomic E-state index is -0.396. The lowest BCUT2D eigenvalue weighted by Crippen LogP contribution is -2.38. The van der Waals surface area contributed by atoms with E-state index in [4.69, 9.17) is 4.74 Å². The van der Waals surface area contributed by atoms with Gasteiger partial charge in [0.2, 0.25) is 0 Å². The SMILES string of the molecule is Cc1cc(F)cc(C(=O)OC2CC3CCC2(C)C3(C)C)c1. The third-order valence-electron chi connectivity index (χ3n) is 6.24. The van der Waals surface area contributed by atoms with E-state index in [1.165, 1.54) is 18.6 Å². The second-order valence-corrected chi connectivity index (χ2v) is 7.52. The molecule has 2 nitrogen and oxygen atoms in total. The molecule has 1 aromatic carbocycles. The van der Waals surface area contributed by atoms with Gasteiger partial charge in [-0.05, 0) is 61.3 Å². The van der Waals surface area contributed by atoms with Crippen LogP contribution in [0.2, 0.25) is 0 Å². The zero-order valence-electron chi connectivity index (χ0n) is 13.2. The van der Waals surface area contributed by atoms with Crippen LogP contribution in [0.15, 0.2) is 18.2 Å². The standard InChI is InChI=1S/C18H23FO2/c1-11-7-12(9-14(19)8-11)16(20)21-15-10-13-5-6-18(15,4)17(13,2)3/h7-9,13,15H,5-6,10H2,1-4H3. The van der Waals surface area contributed by atoms with Crippen molar-refractivity contribution < 1.29 is 13.9 Å². The molecule has 0 heterocycles. The number of ether oxygens (including phenoxy) is 1. The third kappa shape index (κ3) is 2.09. The Labute approximate surface area is 125 Å². The Hall–Kier alpha value is -1.38. The van der Waals surface area contributed by atoms with Gasteiger partial charge < -0.3 is 4.74 Å². The summed E-state index contributed by atoms with van der Waals surface area (Å²) in [6.07, 6.45) is 3.20. The Kier molecular flexibility index (Phi) is 3.16. The van der Waals surface area contributed by atoms with Gasteiger partial charge in [-0.25, -0.2) is 9.18 Å². The van der Waals surface area contributed by atoms with E-state index in [9.17, 15) is 9.18 Å². The fourth-order valence-electron chi connectivity index (χ4n) is 4.36. The Morgan fingerprint density at radius 3 is 2.52 bits per heavy atom. The molecule has 0 amide bonds. The van der Waals surface area contributed by atoms with Crippen LogP contribution in [-0.4, -0.2) is 12.1 Å². The molecule has 0 saturated heterocycles. The molecule has 0 aromatic heterocycles. The number of benzene rings is 1. The molecule has 3 heteroatoms. The van der Waals surface area contributed by atoms with Crippen molar-refractivity contribution >= 4 is 5.97 Å². The number of halogens is 1. The number of carbonyl (C=O) groups excluding carboxylic acids is 1. The number of hydrogen-bond donors (Lipinski definition) is 0. The van der Waals surface area contributed by atoms with Crippen LogP contribution in [0, 0.1) is 29.5 Å². The van der Waals surface area contributed by atoms with Crippen molar-refractivity contribution in [2.45, 2.75) is 53.1 Å². The summed E-state index contributed by atoms with van der Waals surface area (Å²) in [7, 11) is 0. The van der Waals surface area contributed by atoms with Gasteiger partial charge in [0.05, 0.1) is 5.56 Å². The van der Waals surface area contributed by atoms with Crippen LogP contribution in [-0.2, 0) is 4.74 Å². The highest BCUT2D eigenvalue weighted by atomic mass is 19.1. The predicted octanol–water partition coefficient (Wildman–Crippen LogP) is 4.51. The van der Waals surface area contributed by atoms with E-state index in [0.29, 0.717) is 11.5 Å². The highest BCUT2D eigenvalue weighted by molar-refractivity contribution is 5.89. The summed E-state index contributed by atoms with van der Waals surface area (Å²) in [4.78, 5) is 12.3. The van der Waals surface area contributed by atoms with Gasteiger partial charge >= 0.3 is 5.97 Å². The topological polar surface area (TPSA) is 26.3 Å². The van der Waals surface area contributed by atoms with Crippen LogP contribution < -0.4 is 0 Å². The monoisotopic (exact) mass is 290 g/mol. The molecule has 114 valence electrons. The van der Waals surface area contributed by atoms with Crippen LogP contribution in [0.3, 0.4) is 0 Å². The van der Waals surface area contributed by atoms with E-state index < -0.39 is 5.97 Å². The number of rotatable bonds is 2. The molecule has 3 unspecified atom stereocenters. The molecule has 2 fully saturated rings. The van der Waals surface area contributed by atoms with E-state index >= 15 is 0 Å². The maximum atomic E-state index is 13.4. The highest BCUT2D eigenvalue weighted by Gasteiger charge is 2.62. The maximum absolute atomic E-state index is 13.4. The molecule has 0 radical (unpaired) electrons. The number of esters is 1. The minimum absolute atomic E-state index is 0.0374. The van der Waals surface area contributed by atoms with E-state index in [-0.39, 0.29) is 22.8 Å². The summed E-state index contributed by atoms with van der Waals surface area (Å²) < 4.78 is 19.2. The van der Waals surface area contributed by atoms with Gasteiger partial charge in [0.1, 0.15) is 11.9 Å². The quantitative estimate of drug-likeness (QED) is 0.749. The number of carbonyl (C=O) groups is 1. The molecule has 2 bridgehead atoms. The molecule has 1 aromatic rings. The van der Waals surface area contributed by atoms with E-state index in [1.54, 1.807) is 13.0 Å². The smallest absolute Gasteiger partial charge is 0.338 e. The van der Waals surface area contributed by atoms with Gasteiger partial charge in [-0.2, -0.15) is 0 Å². The first-order valence-electron chi connectivity index (χ1n) is 7.72. The molecule has 0 N–H and O–H groups in total. The molecule has 0 spiro atoms. The summed E-state index contributed by atoms with van der Waals surface area (Å²) in [5.41, 5.74) is 1.30. The highest BCUT2D eigenvalue weighted by Crippen LogP contribution is 2.66. The molecular weight excluding hydrogens is 267 g/mol. The summed E-state index contributed by atoms with van der Waals surface area (Å²) in [5.74, 6) is -0.164. The molecule has 3 rings (SSSR count). The van der Waals surface area contributed by atoms with Gasteiger partial charge in [-0.15, -0.1) is 0 Å². The molecular formula is C18H23FO2. The Morgan fingerprint density at radius 1 is 1.29 bits per heavy atom. The van der Waals surface area contributed by atoms with Gasteiger partial charge in [0.15, 0.2) is 0 Å². The molecule has 2 aliphatic carbocycles. The van der Waals surface area contributed by atoms with Crippen molar-refractivity contribution in [1.29, 1.82) is 0 Å². The average Bonchev–Trinajstić information content (AvgIpc) is 2.70. The van der Waals surface area contributed by atoms with Crippen LogP contribution in [0.25, 0.3) is 0 Å². The minimum Gasteiger partial charge on any atom is -0.458 e. The first-order chi connectivity index (χ1) is 9.74. The van der Waals surface area contributed by atoms with Crippen molar-refractivity contribution in [2.75, 3.05) is 0 Å². The Morgan fingerprint density at radius 2 is 2.00 bits per heavy atom. The fourth-order valence-corrected chi connectivity index (χ4v) is 4.36. The Bertz CT molecular complexity index is 573. The van der Waals surface area contributed by atoms with Crippen LogP contribution in [0.5, 0.6) is 0 Å². The van der Waals surface area contributed by atoms with E-state index in [0.717, 1.165) is 18.4 Å². The van der Waals surface area contributed by atoms with Crippen molar-refractivity contribution in [3.05, 3.63) is 35.1 Å². The zero-order valence-corrected chi connectivity index (χ0v) is 13.2. The van der Waals surface area contributed by atoms with Gasteiger partial charge in [0, 0.05) is 5.41 Å². The lowest BCUT2D eigenvalue weighted by atomic mass is 9.70.